The Morgan fingerprint density at radius 1 is 1.04 bits per heavy atom. The van der Waals surface area contributed by atoms with Crippen LogP contribution in [0.15, 0.2) is 43.0 Å². The number of rotatable bonds is 8. The summed E-state index contributed by atoms with van der Waals surface area (Å²) in [5.74, 6) is 0.555. The second kappa shape index (κ2) is 8.91. The van der Waals surface area contributed by atoms with Gasteiger partial charge in [-0.3, -0.25) is 0 Å². The highest BCUT2D eigenvalue weighted by atomic mass is 14.3. The van der Waals surface area contributed by atoms with Crippen LogP contribution < -0.4 is 0 Å². The Morgan fingerprint density at radius 2 is 1.63 bits per heavy atom. The number of aryl methyl sites for hydroxylation is 2. The SMILES string of the molecule is C=C(c1cc(C)c(C(C)C)c(C)c1)c1ccccc1CC(C)(CC)CCC. The molecule has 0 spiro atoms. The molecule has 0 nitrogen and oxygen atoms in total. The normalized spacial score (nSPS) is 13.6. The molecule has 0 saturated heterocycles. The highest BCUT2D eigenvalue weighted by Crippen LogP contribution is 2.36. The maximum atomic E-state index is 4.51. The second-order valence-electron chi connectivity index (χ2n) is 8.91. The fraction of sp³-hybridized carbons (Fsp3) is 0.481. The van der Waals surface area contributed by atoms with E-state index in [4.69, 9.17) is 0 Å². The minimum Gasteiger partial charge on any atom is -0.0905 e. The fourth-order valence-corrected chi connectivity index (χ4v) is 4.64. The van der Waals surface area contributed by atoms with Crippen molar-refractivity contribution >= 4 is 5.57 Å². The van der Waals surface area contributed by atoms with E-state index in [1.54, 1.807) is 0 Å². The largest absolute Gasteiger partial charge is 0.0905 e. The van der Waals surface area contributed by atoms with Gasteiger partial charge in [-0.05, 0) is 77.0 Å². The van der Waals surface area contributed by atoms with Gasteiger partial charge in [-0.15, -0.1) is 0 Å². The molecule has 146 valence electrons. The van der Waals surface area contributed by atoms with Crippen molar-refractivity contribution in [2.75, 3.05) is 0 Å². The van der Waals surface area contributed by atoms with Gasteiger partial charge in [-0.1, -0.05) is 90.4 Å². The molecule has 0 aliphatic heterocycles. The minimum absolute atomic E-state index is 0.360. The van der Waals surface area contributed by atoms with Crippen LogP contribution in [0.5, 0.6) is 0 Å². The summed E-state index contributed by atoms with van der Waals surface area (Å²) in [6, 6.07) is 13.5. The Hall–Kier alpha value is -1.82. The molecule has 0 radical (unpaired) electrons. The van der Waals surface area contributed by atoms with Crippen LogP contribution in [0.2, 0.25) is 0 Å². The zero-order valence-electron chi connectivity index (χ0n) is 18.6. The van der Waals surface area contributed by atoms with Crippen molar-refractivity contribution in [3.05, 3.63) is 76.4 Å². The van der Waals surface area contributed by atoms with E-state index in [1.807, 2.05) is 0 Å². The van der Waals surface area contributed by atoms with E-state index in [2.05, 4.69) is 91.4 Å². The first kappa shape index (κ1) is 21.5. The van der Waals surface area contributed by atoms with Gasteiger partial charge in [0.15, 0.2) is 0 Å². The molecule has 2 aromatic carbocycles. The van der Waals surface area contributed by atoms with Crippen LogP contribution >= 0.6 is 0 Å². The molecule has 0 heteroatoms. The summed E-state index contributed by atoms with van der Waals surface area (Å²) in [7, 11) is 0. The van der Waals surface area contributed by atoms with Gasteiger partial charge < -0.3 is 0 Å². The quantitative estimate of drug-likeness (QED) is 0.443. The van der Waals surface area contributed by atoms with Crippen molar-refractivity contribution in [2.24, 2.45) is 5.41 Å². The molecule has 0 heterocycles. The molecular weight excluding hydrogens is 324 g/mol. The van der Waals surface area contributed by atoms with Crippen LogP contribution in [0, 0.1) is 19.3 Å². The summed E-state index contributed by atoms with van der Waals surface area (Å²) in [6.45, 7) is 20.6. The van der Waals surface area contributed by atoms with Crippen molar-refractivity contribution in [1.29, 1.82) is 0 Å². The van der Waals surface area contributed by atoms with Crippen molar-refractivity contribution in [3.63, 3.8) is 0 Å². The first-order valence-electron chi connectivity index (χ1n) is 10.6. The predicted octanol–water partition coefficient (Wildman–Crippen LogP) is 8.25. The predicted molar refractivity (Wildman–Crippen MR) is 122 cm³/mol. The molecule has 0 N–H and O–H groups in total. The molecule has 0 bridgehead atoms. The van der Waals surface area contributed by atoms with Crippen molar-refractivity contribution < 1.29 is 0 Å². The Balaban J connectivity index is 2.44. The molecule has 2 aromatic rings. The number of hydrogen-bond donors (Lipinski definition) is 0. The van der Waals surface area contributed by atoms with Gasteiger partial charge in [0.25, 0.3) is 0 Å². The molecule has 0 saturated carbocycles. The van der Waals surface area contributed by atoms with Gasteiger partial charge in [0.05, 0.1) is 0 Å². The molecule has 0 aromatic heterocycles. The van der Waals surface area contributed by atoms with Gasteiger partial charge in [0.2, 0.25) is 0 Å². The Bertz CT molecular complexity index is 770. The van der Waals surface area contributed by atoms with Gasteiger partial charge >= 0.3 is 0 Å². The smallest absolute Gasteiger partial charge is 0.0152 e. The average Bonchev–Trinajstić information content (AvgIpc) is 2.60. The standard InChI is InChI=1S/C27H38/c1-9-15-27(8,10-2)18-23-13-11-12-14-25(23)22(7)24-16-20(5)26(19(3)4)21(6)17-24/h11-14,16-17,19H,7,9-10,15,18H2,1-6,8H3. The van der Waals surface area contributed by atoms with E-state index in [0.717, 1.165) is 12.0 Å². The first-order valence-corrected chi connectivity index (χ1v) is 10.6. The topological polar surface area (TPSA) is 0 Å². The summed E-state index contributed by atoms with van der Waals surface area (Å²) in [4.78, 5) is 0. The molecule has 1 unspecified atom stereocenters. The zero-order chi connectivity index (χ0) is 20.2. The summed E-state index contributed by atoms with van der Waals surface area (Å²) in [6.07, 6.45) is 4.84. The Morgan fingerprint density at radius 3 is 2.15 bits per heavy atom. The lowest BCUT2D eigenvalue weighted by Gasteiger charge is -2.29. The van der Waals surface area contributed by atoms with Crippen LogP contribution in [0.3, 0.4) is 0 Å². The van der Waals surface area contributed by atoms with Crippen molar-refractivity contribution in [3.8, 4) is 0 Å². The molecule has 2 rings (SSSR count). The molecule has 0 aliphatic rings. The van der Waals surface area contributed by atoms with Crippen molar-refractivity contribution in [2.45, 2.75) is 80.1 Å². The summed E-state index contributed by atoms with van der Waals surface area (Å²) >= 11 is 0. The maximum absolute atomic E-state index is 4.51. The van der Waals surface area contributed by atoms with E-state index >= 15 is 0 Å². The first-order chi connectivity index (χ1) is 12.7. The maximum Gasteiger partial charge on any atom is -0.0152 e. The van der Waals surface area contributed by atoms with Crippen LogP contribution in [-0.2, 0) is 6.42 Å². The molecule has 1 atom stereocenters. The minimum atomic E-state index is 0.360. The molecular formula is C27H38. The van der Waals surface area contributed by atoms with E-state index < -0.39 is 0 Å². The van der Waals surface area contributed by atoms with Gasteiger partial charge in [0.1, 0.15) is 0 Å². The summed E-state index contributed by atoms with van der Waals surface area (Å²) in [5, 5.41) is 0. The molecule has 0 aliphatic carbocycles. The average molecular weight is 363 g/mol. The number of hydrogen-bond acceptors (Lipinski definition) is 0. The van der Waals surface area contributed by atoms with Crippen LogP contribution in [0.4, 0.5) is 0 Å². The Labute approximate surface area is 167 Å². The third-order valence-corrected chi connectivity index (χ3v) is 6.19. The number of benzene rings is 2. The summed E-state index contributed by atoms with van der Waals surface area (Å²) < 4.78 is 0. The van der Waals surface area contributed by atoms with Crippen LogP contribution in [-0.4, -0.2) is 0 Å². The van der Waals surface area contributed by atoms with E-state index in [0.29, 0.717) is 11.3 Å². The molecule has 27 heavy (non-hydrogen) atoms. The second-order valence-corrected chi connectivity index (χ2v) is 8.91. The monoisotopic (exact) mass is 362 g/mol. The third-order valence-electron chi connectivity index (χ3n) is 6.19. The lowest BCUT2D eigenvalue weighted by molar-refractivity contribution is 0.279. The van der Waals surface area contributed by atoms with Crippen LogP contribution in [0.25, 0.3) is 5.57 Å². The zero-order valence-corrected chi connectivity index (χ0v) is 18.6. The van der Waals surface area contributed by atoms with E-state index in [-0.39, 0.29) is 0 Å². The highest BCUT2D eigenvalue weighted by molar-refractivity contribution is 5.80. The van der Waals surface area contributed by atoms with E-state index in [1.165, 1.54) is 52.6 Å². The van der Waals surface area contributed by atoms with Gasteiger partial charge in [-0.25, -0.2) is 0 Å². The summed E-state index contributed by atoms with van der Waals surface area (Å²) in [5.41, 5.74) is 9.75. The lowest BCUT2D eigenvalue weighted by atomic mass is 9.76. The molecule has 0 fully saturated rings. The third kappa shape index (κ3) is 4.92. The Kier molecular flexibility index (Phi) is 7.09. The lowest BCUT2D eigenvalue weighted by Crippen LogP contribution is -2.19. The molecule has 0 amide bonds. The van der Waals surface area contributed by atoms with Gasteiger partial charge in [0, 0.05) is 0 Å². The van der Waals surface area contributed by atoms with Crippen molar-refractivity contribution in [1.82, 2.24) is 0 Å². The highest BCUT2D eigenvalue weighted by Gasteiger charge is 2.23. The van der Waals surface area contributed by atoms with Crippen LogP contribution in [0.1, 0.15) is 93.2 Å². The fourth-order valence-electron chi connectivity index (χ4n) is 4.64. The van der Waals surface area contributed by atoms with Gasteiger partial charge in [-0.2, -0.15) is 0 Å². The van der Waals surface area contributed by atoms with E-state index in [9.17, 15) is 0 Å².